The Labute approximate surface area is 137 Å². The first kappa shape index (κ1) is 14.7. The number of halogens is 2. The van der Waals surface area contributed by atoms with E-state index in [1.807, 2.05) is 30.3 Å². The molecule has 0 spiro atoms. The molecule has 5 heteroatoms. The molecule has 1 heterocycles. The van der Waals surface area contributed by atoms with E-state index in [-0.39, 0.29) is 5.84 Å². The number of nitrogens with one attached hydrogen (secondary N) is 1. The van der Waals surface area contributed by atoms with Crippen LogP contribution in [0.4, 0.5) is 0 Å². The third-order valence-electron chi connectivity index (χ3n) is 3.28. The molecule has 0 radical (unpaired) electrons. The van der Waals surface area contributed by atoms with Crippen molar-refractivity contribution in [2.45, 2.75) is 0 Å². The summed E-state index contributed by atoms with van der Waals surface area (Å²) >= 11 is 12.1. The van der Waals surface area contributed by atoms with Gasteiger partial charge in [-0.05, 0) is 30.3 Å². The van der Waals surface area contributed by atoms with Crippen LogP contribution in [0, 0.1) is 5.41 Å². The van der Waals surface area contributed by atoms with E-state index >= 15 is 0 Å². The Bertz CT molecular complexity index is 838. The lowest BCUT2D eigenvalue weighted by Gasteiger charge is -2.02. The van der Waals surface area contributed by atoms with Crippen molar-refractivity contribution in [1.82, 2.24) is 0 Å². The van der Waals surface area contributed by atoms with E-state index in [0.29, 0.717) is 21.4 Å². The Kier molecular flexibility index (Phi) is 3.92. The lowest BCUT2D eigenvalue weighted by molar-refractivity contribution is 0.597. The minimum Gasteiger partial charge on any atom is -0.456 e. The monoisotopic (exact) mass is 330 g/mol. The predicted octanol–water partition coefficient (Wildman–Crippen LogP) is 5.20. The molecule has 0 saturated carbocycles. The van der Waals surface area contributed by atoms with Gasteiger partial charge in [-0.3, -0.25) is 5.41 Å². The third kappa shape index (κ3) is 2.86. The quantitative estimate of drug-likeness (QED) is 0.511. The standard InChI is InChI=1S/C17H12Cl2N2O/c18-12-5-6-13(14(19)9-12)16-8-7-15(22-16)10-1-3-11(4-2-10)17(20)21/h1-9H,(H3,20,21). The fourth-order valence-electron chi connectivity index (χ4n) is 2.14. The van der Waals surface area contributed by atoms with Crippen LogP contribution in [0.3, 0.4) is 0 Å². The predicted molar refractivity (Wildman–Crippen MR) is 90.6 cm³/mol. The average Bonchev–Trinajstić information content (AvgIpc) is 2.97. The van der Waals surface area contributed by atoms with Gasteiger partial charge in [-0.1, -0.05) is 47.5 Å². The molecule has 3 aromatic rings. The summed E-state index contributed by atoms with van der Waals surface area (Å²) in [7, 11) is 0. The van der Waals surface area contributed by atoms with Gasteiger partial charge in [0.25, 0.3) is 0 Å². The molecule has 1 aromatic heterocycles. The number of rotatable bonds is 3. The minimum atomic E-state index is 0.0413. The molecule has 2 aromatic carbocycles. The topological polar surface area (TPSA) is 63.0 Å². The summed E-state index contributed by atoms with van der Waals surface area (Å²) in [5.74, 6) is 1.43. The lowest BCUT2D eigenvalue weighted by atomic mass is 10.1. The highest BCUT2D eigenvalue weighted by Gasteiger charge is 2.10. The van der Waals surface area contributed by atoms with Gasteiger partial charge in [-0.25, -0.2) is 0 Å². The molecular weight excluding hydrogens is 319 g/mol. The van der Waals surface area contributed by atoms with Crippen LogP contribution in [-0.2, 0) is 0 Å². The molecular formula is C17H12Cl2N2O. The Morgan fingerprint density at radius 2 is 1.59 bits per heavy atom. The van der Waals surface area contributed by atoms with Crippen molar-refractivity contribution in [1.29, 1.82) is 5.41 Å². The van der Waals surface area contributed by atoms with Gasteiger partial charge in [0.2, 0.25) is 0 Å². The van der Waals surface area contributed by atoms with Gasteiger partial charge in [0.05, 0.1) is 5.02 Å². The number of furan rings is 1. The van der Waals surface area contributed by atoms with Crippen molar-refractivity contribution in [3.63, 3.8) is 0 Å². The second-order valence-electron chi connectivity index (χ2n) is 4.78. The van der Waals surface area contributed by atoms with Crippen LogP contribution in [0.15, 0.2) is 59.0 Å². The molecule has 22 heavy (non-hydrogen) atoms. The average molecular weight is 331 g/mol. The van der Waals surface area contributed by atoms with Crippen LogP contribution < -0.4 is 5.73 Å². The maximum absolute atomic E-state index is 7.40. The van der Waals surface area contributed by atoms with Crippen LogP contribution in [0.2, 0.25) is 10.0 Å². The Morgan fingerprint density at radius 1 is 0.909 bits per heavy atom. The summed E-state index contributed by atoms with van der Waals surface area (Å²) in [6.07, 6.45) is 0. The van der Waals surface area contributed by atoms with E-state index in [1.54, 1.807) is 24.3 Å². The van der Waals surface area contributed by atoms with Gasteiger partial charge in [-0.2, -0.15) is 0 Å². The summed E-state index contributed by atoms with van der Waals surface area (Å²) in [6.45, 7) is 0. The fourth-order valence-corrected chi connectivity index (χ4v) is 2.64. The highest BCUT2D eigenvalue weighted by molar-refractivity contribution is 6.36. The van der Waals surface area contributed by atoms with Crippen molar-refractivity contribution in [3.05, 3.63) is 70.2 Å². The largest absolute Gasteiger partial charge is 0.456 e. The maximum atomic E-state index is 7.40. The zero-order chi connectivity index (χ0) is 15.7. The summed E-state index contributed by atoms with van der Waals surface area (Å²) in [5.41, 5.74) is 7.82. The molecule has 3 nitrogen and oxygen atoms in total. The van der Waals surface area contributed by atoms with Crippen LogP contribution in [-0.4, -0.2) is 5.84 Å². The van der Waals surface area contributed by atoms with Crippen molar-refractivity contribution in [2.75, 3.05) is 0 Å². The van der Waals surface area contributed by atoms with E-state index in [4.69, 9.17) is 38.8 Å². The van der Waals surface area contributed by atoms with Crippen molar-refractivity contribution in [3.8, 4) is 22.6 Å². The molecule has 3 rings (SSSR count). The van der Waals surface area contributed by atoms with Crippen LogP contribution in [0.5, 0.6) is 0 Å². The first-order chi connectivity index (χ1) is 10.5. The maximum Gasteiger partial charge on any atom is 0.136 e. The molecule has 0 fully saturated rings. The number of amidine groups is 1. The Morgan fingerprint density at radius 3 is 2.23 bits per heavy atom. The van der Waals surface area contributed by atoms with Crippen LogP contribution in [0.1, 0.15) is 5.56 Å². The van der Waals surface area contributed by atoms with Gasteiger partial charge in [0, 0.05) is 21.7 Å². The van der Waals surface area contributed by atoms with Gasteiger partial charge in [0.1, 0.15) is 17.4 Å². The zero-order valence-corrected chi connectivity index (χ0v) is 12.9. The molecule has 3 N–H and O–H groups in total. The van der Waals surface area contributed by atoms with E-state index in [1.165, 1.54) is 0 Å². The number of nitrogen functional groups attached to an aromatic ring is 1. The lowest BCUT2D eigenvalue weighted by Crippen LogP contribution is -2.10. The molecule has 0 aliphatic carbocycles. The summed E-state index contributed by atoms with van der Waals surface area (Å²) < 4.78 is 5.86. The highest BCUT2D eigenvalue weighted by Crippen LogP contribution is 2.34. The van der Waals surface area contributed by atoms with Crippen LogP contribution in [0.25, 0.3) is 22.6 Å². The summed E-state index contributed by atoms with van der Waals surface area (Å²) in [4.78, 5) is 0. The third-order valence-corrected chi connectivity index (χ3v) is 3.83. The smallest absolute Gasteiger partial charge is 0.136 e. The van der Waals surface area contributed by atoms with E-state index < -0.39 is 0 Å². The first-order valence-corrected chi connectivity index (χ1v) is 7.30. The van der Waals surface area contributed by atoms with E-state index in [0.717, 1.165) is 16.9 Å². The molecule has 0 unspecified atom stereocenters. The molecule has 0 saturated heterocycles. The summed E-state index contributed by atoms with van der Waals surface area (Å²) in [5, 5.41) is 8.52. The molecule has 0 bridgehead atoms. The van der Waals surface area contributed by atoms with E-state index in [2.05, 4.69) is 0 Å². The second kappa shape index (κ2) is 5.87. The Hall–Kier alpha value is -2.23. The van der Waals surface area contributed by atoms with Gasteiger partial charge < -0.3 is 10.2 Å². The van der Waals surface area contributed by atoms with Gasteiger partial charge >= 0.3 is 0 Å². The van der Waals surface area contributed by atoms with Crippen molar-refractivity contribution >= 4 is 29.0 Å². The SMILES string of the molecule is N=C(N)c1ccc(-c2ccc(-c3ccc(Cl)cc3Cl)o2)cc1. The van der Waals surface area contributed by atoms with Gasteiger partial charge in [-0.15, -0.1) is 0 Å². The molecule has 0 aliphatic rings. The molecule has 0 amide bonds. The van der Waals surface area contributed by atoms with E-state index in [9.17, 15) is 0 Å². The van der Waals surface area contributed by atoms with Crippen LogP contribution >= 0.6 is 23.2 Å². The van der Waals surface area contributed by atoms with Crippen molar-refractivity contribution < 1.29 is 4.42 Å². The number of hydrogen-bond acceptors (Lipinski definition) is 2. The number of benzene rings is 2. The van der Waals surface area contributed by atoms with Gasteiger partial charge in [0.15, 0.2) is 0 Å². The molecule has 0 aliphatic heterocycles. The number of hydrogen-bond donors (Lipinski definition) is 2. The second-order valence-corrected chi connectivity index (χ2v) is 5.62. The normalized spacial score (nSPS) is 10.6. The molecule has 0 atom stereocenters. The van der Waals surface area contributed by atoms with Crippen molar-refractivity contribution in [2.24, 2.45) is 5.73 Å². The zero-order valence-electron chi connectivity index (χ0n) is 11.4. The highest BCUT2D eigenvalue weighted by atomic mass is 35.5. The summed E-state index contributed by atoms with van der Waals surface area (Å²) in [6, 6.07) is 16.3. The number of nitrogens with two attached hydrogens (primary N) is 1. The fraction of sp³-hybridized carbons (Fsp3) is 0. The molecule has 110 valence electrons. The first-order valence-electron chi connectivity index (χ1n) is 6.54. The minimum absolute atomic E-state index is 0.0413. The Balaban J connectivity index is 1.95.